The van der Waals surface area contributed by atoms with Gasteiger partial charge in [0.25, 0.3) is 5.91 Å². The van der Waals surface area contributed by atoms with E-state index in [9.17, 15) is 4.79 Å². The maximum absolute atomic E-state index is 12.1. The average molecular weight is 269 g/mol. The third-order valence-electron chi connectivity index (χ3n) is 3.23. The Morgan fingerprint density at radius 2 is 1.80 bits per heavy atom. The topological polar surface area (TPSA) is 38.3 Å². The lowest BCUT2D eigenvalue weighted by Gasteiger charge is -2.08. The molecule has 0 saturated heterocycles. The summed E-state index contributed by atoms with van der Waals surface area (Å²) in [6.45, 7) is 4.50. The van der Waals surface area contributed by atoms with Crippen LogP contribution in [0.15, 0.2) is 42.5 Å². The van der Waals surface area contributed by atoms with Crippen molar-refractivity contribution >= 4 is 5.91 Å². The van der Waals surface area contributed by atoms with E-state index >= 15 is 0 Å². The highest BCUT2D eigenvalue weighted by molar-refractivity contribution is 5.94. The van der Waals surface area contributed by atoms with Crippen LogP contribution in [0.5, 0.6) is 5.75 Å². The second kappa shape index (κ2) is 6.24. The molecule has 104 valence electrons. The normalized spacial score (nSPS) is 10.2. The van der Waals surface area contributed by atoms with Gasteiger partial charge in [-0.25, -0.2) is 0 Å². The Labute approximate surface area is 119 Å². The standard InChI is InChI=1S/C17H19NO2/c1-12-4-6-14(7-5-12)11-18-17(19)15-8-9-16(20-3)13(2)10-15/h4-10H,11H2,1-3H3,(H,18,19). The first-order valence-corrected chi connectivity index (χ1v) is 6.58. The number of carbonyl (C=O) groups is 1. The van der Waals surface area contributed by atoms with E-state index in [1.54, 1.807) is 13.2 Å². The predicted molar refractivity (Wildman–Crippen MR) is 80.1 cm³/mol. The van der Waals surface area contributed by atoms with Crippen molar-refractivity contribution in [3.05, 3.63) is 64.7 Å². The first-order chi connectivity index (χ1) is 9.60. The Bertz CT molecular complexity index is 603. The highest BCUT2D eigenvalue weighted by Gasteiger charge is 2.07. The first-order valence-electron chi connectivity index (χ1n) is 6.58. The number of nitrogens with one attached hydrogen (secondary N) is 1. The van der Waals surface area contributed by atoms with Crippen LogP contribution in [0.4, 0.5) is 0 Å². The van der Waals surface area contributed by atoms with Crippen molar-refractivity contribution < 1.29 is 9.53 Å². The highest BCUT2D eigenvalue weighted by atomic mass is 16.5. The zero-order chi connectivity index (χ0) is 14.5. The molecule has 1 amide bonds. The maximum Gasteiger partial charge on any atom is 0.251 e. The van der Waals surface area contributed by atoms with Crippen molar-refractivity contribution in [2.45, 2.75) is 20.4 Å². The summed E-state index contributed by atoms with van der Waals surface area (Å²) in [5.74, 6) is 0.719. The van der Waals surface area contributed by atoms with E-state index in [1.165, 1.54) is 5.56 Å². The summed E-state index contributed by atoms with van der Waals surface area (Å²) < 4.78 is 5.19. The number of hydrogen-bond acceptors (Lipinski definition) is 2. The lowest BCUT2D eigenvalue weighted by Crippen LogP contribution is -2.22. The second-order valence-electron chi connectivity index (χ2n) is 4.85. The number of rotatable bonds is 4. The molecule has 0 saturated carbocycles. The molecule has 0 unspecified atom stereocenters. The molecule has 0 radical (unpaired) electrons. The zero-order valence-electron chi connectivity index (χ0n) is 12.1. The molecule has 2 aromatic rings. The number of amides is 1. The second-order valence-corrected chi connectivity index (χ2v) is 4.85. The quantitative estimate of drug-likeness (QED) is 0.925. The van der Waals surface area contributed by atoms with E-state index in [1.807, 2.05) is 50.2 Å². The summed E-state index contributed by atoms with van der Waals surface area (Å²) in [5, 5.41) is 2.92. The van der Waals surface area contributed by atoms with Gasteiger partial charge in [0.2, 0.25) is 0 Å². The van der Waals surface area contributed by atoms with Crippen LogP contribution in [-0.4, -0.2) is 13.0 Å². The molecular weight excluding hydrogens is 250 g/mol. The minimum atomic E-state index is -0.0728. The van der Waals surface area contributed by atoms with Gasteiger partial charge in [-0.3, -0.25) is 4.79 Å². The Balaban J connectivity index is 2.01. The van der Waals surface area contributed by atoms with Crippen LogP contribution < -0.4 is 10.1 Å². The average Bonchev–Trinajstić information content (AvgIpc) is 2.46. The van der Waals surface area contributed by atoms with Crippen molar-refractivity contribution in [1.82, 2.24) is 5.32 Å². The molecule has 3 heteroatoms. The molecule has 0 bridgehead atoms. The fourth-order valence-corrected chi connectivity index (χ4v) is 2.01. The van der Waals surface area contributed by atoms with Crippen molar-refractivity contribution in [2.75, 3.05) is 7.11 Å². The number of carbonyl (C=O) groups excluding carboxylic acids is 1. The van der Waals surface area contributed by atoms with E-state index in [2.05, 4.69) is 5.32 Å². The number of hydrogen-bond donors (Lipinski definition) is 1. The number of ether oxygens (including phenoxy) is 1. The summed E-state index contributed by atoms with van der Waals surface area (Å²) in [6.07, 6.45) is 0. The van der Waals surface area contributed by atoms with Crippen molar-refractivity contribution in [3.8, 4) is 5.75 Å². The van der Waals surface area contributed by atoms with E-state index in [0.29, 0.717) is 12.1 Å². The van der Waals surface area contributed by atoms with Crippen LogP contribution >= 0.6 is 0 Å². The van der Waals surface area contributed by atoms with Gasteiger partial charge < -0.3 is 10.1 Å². The molecule has 20 heavy (non-hydrogen) atoms. The molecule has 0 heterocycles. The van der Waals surface area contributed by atoms with Crippen LogP contribution in [-0.2, 0) is 6.54 Å². The monoisotopic (exact) mass is 269 g/mol. The van der Waals surface area contributed by atoms with Crippen LogP contribution in [0, 0.1) is 13.8 Å². The SMILES string of the molecule is COc1ccc(C(=O)NCc2ccc(C)cc2)cc1C. The van der Waals surface area contributed by atoms with Crippen molar-refractivity contribution in [1.29, 1.82) is 0 Å². The molecule has 0 aliphatic rings. The van der Waals surface area contributed by atoms with Crippen molar-refractivity contribution in [2.24, 2.45) is 0 Å². The predicted octanol–water partition coefficient (Wildman–Crippen LogP) is 3.24. The minimum absolute atomic E-state index is 0.0728. The Hall–Kier alpha value is -2.29. The smallest absolute Gasteiger partial charge is 0.251 e. The van der Waals surface area contributed by atoms with Gasteiger partial charge >= 0.3 is 0 Å². The van der Waals surface area contributed by atoms with Crippen LogP contribution in [0.3, 0.4) is 0 Å². The lowest BCUT2D eigenvalue weighted by molar-refractivity contribution is 0.0951. The molecule has 2 aromatic carbocycles. The largest absolute Gasteiger partial charge is 0.496 e. The lowest BCUT2D eigenvalue weighted by atomic mass is 10.1. The maximum atomic E-state index is 12.1. The minimum Gasteiger partial charge on any atom is -0.496 e. The van der Waals surface area contributed by atoms with Gasteiger partial charge in [0, 0.05) is 12.1 Å². The third-order valence-corrected chi connectivity index (χ3v) is 3.23. The molecule has 2 rings (SSSR count). The molecule has 1 N–H and O–H groups in total. The number of aryl methyl sites for hydroxylation is 2. The number of benzene rings is 2. The van der Waals surface area contributed by atoms with Crippen molar-refractivity contribution in [3.63, 3.8) is 0 Å². The molecule has 0 aliphatic heterocycles. The Morgan fingerprint density at radius 1 is 1.10 bits per heavy atom. The third kappa shape index (κ3) is 3.38. The van der Waals surface area contributed by atoms with Gasteiger partial charge in [-0.1, -0.05) is 29.8 Å². The highest BCUT2D eigenvalue weighted by Crippen LogP contribution is 2.18. The van der Waals surface area contributed by atoms with Gasteiger partial charge in [-0.2, -0.15) is 0 Å². The van der Waals surface area contributed by atoms with Gasteiger partial charge in [0.1, 0.15) is 5.75 Å². The van der Waals surface area contributed by atoms with Gasteiger partial charge in [0.15, 0.2) is 0 Å². The fraction of sp³-hybridized carbons (Fsp3) is 0.235. The molecule has 0 aromatic heterocycles. The Morgan fingerprint density at radius 3 is 2.40 bits per heavy atom. The molecule has 3 nitrogen and oxygen atoms in total. The molecule has 0 aliphatic carbocycles. The molecule has 0 atom stereocenters. The summed E-state index contributed by atoms with van der Waals surface area (Å²) in [4.78, 5) is 12.1. The molecule has 0 fully saturated rings. The number of methoxy groups -OCH3 is 1. The molecular formula is C17H19NO2. The van der Waals surface area contributed by atoms with E-state index < -0.39 is 0 Å². The summed E-state index contributed by atoms with van der Waals surface area (Å²) >= 11 is 0. The van der Waals surface area contributed by atoms with Crippen LogP contribution in [0.2, 0.25) is 0 Å². The fourth-order valence-electron chi connectivity index (χ4n) is 2.01. The molecule has 0 spiro atoms. The summed E-state index contributed by atoms with van der Waals surface area (Å²) in [5.41, 5.74) is 3.91. The van der Waals surface area contributed by atoms with E-state index in [4.69, 9.17) is 4.74 Å². The first kappa shape index (κ1) is 14.1. The van der Waals surface area contributed by atoms with Gasteiger partial charge in [-0.05, 0) is 43.2 Å². The van der Waals surface area contributed by atoms with Gasteiger partial charge in [0.05, 0.1) is 7.11 Å². The van der Waals surface area contributed by atoms with Crippen LogP contribution in [0.25, 0.3) is 0 Å². The van der Waals surface area contributed by atoms with Gasteiger partial charge in [-0.15, -0.1) is 0 Å². The summed E-state index contributed by atoms with van der Waals surface area (Å²) in [7, 11) is 1.62. The van der Waals surface area contributed by atoms with E-state index in [0.717, 1.165) is 16.9 Å². The van der Waals surface area contributed by atoms with E-state index in [-0.39, 0.29) is 5.91 Å². The Kier molecular flexibility index (Phi) is 4.41. The van der Waals surface area contributed by atoms with Crippen LogP contribution in [0.1, 0.15) is 27.0 Å². The zero-order valence-corrected chi connectivity index (χ0v) is 12.1. The summed E-state index contributed by atoms with van der Waals surface area (Å²) in [6, 6.07) is 13.6.